The van der Waals surface area contributed by atoms with E-state index in [1.54, 1.807) is 12.1 Å². The number of halogens is 3. The van der Waals surface area contributed by atoms with E-state index in [0.29, 0.717) is 16.9 Å². The zero-order valence-electron chi connectivity index (χ0n) is 10.8. The van der Waals surface area contributed by atoms with E-state index in [-0.39, 0.29) is 16.3 Å². The van der Waals surface area contributed by atoms with Gasteiger partial charge in [-0.05, 0) is 59.3 Å². The van der Waals surface area contributed by atoms with Crippen molar-refractivity contribution in [3.63, 3.8) is 0 Å². The molecule has 2 aromatic rings. The average Bonchev–Trinajstić information content (AvgIpc) is 2.44. The Morgan fingerprint density at radius 2 is 1.95 bits per heavy atom. The molecule has 0 aliphatic carbocycles. The fraction of sp³-hybridized carbons (Fsp3) is 0.0667. The number of carbonyl (C=O) groups excluding carboxylic acids is 2. The van der Waals surface area contributed by atoms with Crippen LogP contribution >= 0.6 is 45.8 Å². The Hall–Kier alpha value is -1.11. The lowest BCUT2D eigenvalue weighted by molar-refractivity contribution is 0.0733. The van der Waals surface area contributed by atoms with Gasteiger partial charge >= 0.3 is 5.97 Å². The van der Waals surface area contributed by atoms with E-state index >= 15 is 0 Å². The van der Waals surface area contributed by atoms with E-state index in [1.165, 1.54) is 12.1 Å². The van der Waals surface area contributed by atoms with Crippen LogP contribution in [-0.4, -0.2) is 12.3 Å². The van der Waals surface area contributed by atoms with Gasteiger partial charge in [-0.3, -0.25) is 4.79 Å². The molecule has 3 nitrogen and oxygen atoms in total. The quantitative estimate of drug-likeness (QED) is 0.297. The van der Waals surface area contributed by atoms with Gasteiger partial charge in [0.15, 0.2) is 12.0 Å². The summed E-state index contributed by atoms with van der Waals surface area (Å²) in [5.41, 5.74) is 1.57. The van der Waals surface area contributed by atoms with Crippen molar-refractivity contribution in [3.05, 3.63) is 60.6 Å². The molecule has 0 aliphatic heterocycles. The van der Waals surface area contributed by atoms with Crippen LogP contribution in [0.4, 0.5) is 0 Å². The normalized spacial score (nSPS) is 10.3. The van der Waals surface area contributed by atoms with E-state index in [2.05, 4.69) is 22.6 Å². The molecular formula is C15H9Cl2IO3. The molecule has 0 bridgehead atoms. The minimum atomic E-state index is -0.583. The van der Waals surface area contributed by atoms with Crippen molar-refractivity contribution in [2.75, 3.05) is 0 Å². The second-order valence-electron chi connectivity index (χ2n) is 4.28. The topological polar surface area (TPSA) is 43.4 Å². The number of aldehydes is 1. The van der Waals surface area contributed by atoms with Crippen LogP contribution in [0.3, 0.4) is 0 Å². The molecule has 2 aromatic carbocycles. The number of benzene rings is 2. The summed E-state index contributed by atoms with van der Waals surface area (Å²) in [7, 11) is 0. The molecule has 0 unspecified atom stereocenters. The number of hydrogen-bond acceptors (Lipinski definition) is 3. The van der Waals surface area contributed by atoms with E-state index < -0.39 is 5.97 Å². The predicted octanol–water partition coefficient (Wildman–Crippen LogP) is 4.94. The molecule has 0 aliphatic rings. The van der Waals surface area contributed by atoms with Gasteiger partial charge in [-0.15, -0.1) is 0 Å². The molecular weight excluding hydrogens is 426 g/mol. The summed E-state index contributed by atoms with van der Waals surface area (Å²) in [4.78, 5) is 23.2. The molecule has 2 rings (SSSR count). The van der Waals surface area contributed by atoms with Gasteiger partial charge in [0.25, 0.3) is 0 Å². The number of carbonyl (C=O) groups is 2. The monoisotopic (exact) mass is 434 g/mol. The van der Waals surface area contributed by atoms with E-state index in [1.807, 2.05) is 13.0 Å². The Balaban J connectivity index is 2.35. The van der Waals surface area contributed by atoms with Crippen LogP contribution in [0.15, 0.2) is 30.3 Å². The minimum Gasteiger partial charge on any atom is -0.421 e. The van der Waals surface area contributed by atoms with E-state index in [0.717, 1.165) is 9.13 Å². The number of ether oxygens (including phenoxy) is 1. The van der Waals surface area contributed by atoms with Gasteiger partial charge in [0.2, 0.25) is 0 Å². The highest BCUT2D eigenvalue weighted by Crippen LogP contribution is 2.32. The Kier molecular flexibility index (Phi) is 5.24. The fourth-order valence-electron chi connectivity index (χ4n) is 1.65. The number of aryl methyl sites for hydroxylation is 1. The van der Waals surface area contributed by atoms with Crippen LogP contribution in [0.1, 0.15) is 26.3 Å². The summed E-state index contributed by atoms with van der Waals surface area (Å²) < 4.78 is 6.18. The predicted molar refractivity (Wildman–Crippen MR) is 90.7 cm³/mol. The van der Waals surface area contributed by atoms with Crippen molar-refractivity contribution in [1.29, 1.82) is 0 Å². The standard InChI is InChI=1S/C15H9Cl2IO3/c1-8-2-3-9(5-13(8)18)15(20)21-14-10(7-19)4-11(16)6-12(14)17/h2-7H,1H3. The van der Waals surface area contributed by atoms with Gasteiger partial charge in [-0.1, -0.05) is 29.3 Å². The lowest BCUT2D eigenvalue weighted by Gasteiger charge is -2.10. The van der Waals surface area contributed by atoms with Crippen LogP contribution in [0, 0.1) is 10.5 Å². The highest BCUT2D eigenvalue weighted by atomic mass is 127. The first-order valence-corrected chi connectivity index (χ1v) is 7.68. The second kappa shape index (κ2) is 6.77. The molecule has 0 radical (unpaired) electrons. The Bertz CT molecular complexity index is 729. The zero-order valence-corrected chi connectivity index (χ0v) is 14.5. The number of rotatable bonds is 3. The molecule has 0 amide bonds. The van der Waals surface area contributed by atoms with Gasteiger partial charge in [-0.2, -0.15) is 0 Å². The molecule has 21 heavy (non-hydrogen) atoms. The first-order chi connectivity index (χ1) is 9.92. The van der Waals surface area contributed by atoms with Crippen LogP contribution < -0.4 is 4.74 Å². The van der Waals surface area contributed by atoms with E-state index in [4.69, 9.17) is 27.9 Å². The molecule has 0 saturated carbocycles. The summed E-state index contributed by atoms with van der Waals surface area (Å²) in [5.74, 6) is -0.572. The third-order valence-corrected chi connectivity index (χ3v) is 4.43. The lowest BCUT2D eigenvalue weighted by atomic mass is 10.1. The van der Waals surface area contributed by atoms with Crippen LogP contribution in [0.2, 0.25) is 10.0 Å². The summed E-state index contributed by atoms with van der Waals surface area (Å²) in [5, 5.41) is 0.409. The Labute approximate surface area is 145 Å². The maximum atomic E-state index is 12.1. The third kappa shape index (κ3) is 3.75. The summed E-state index contributed by atoms with van der Waals surface area (Å²) in [6.07, 6.45) is 0.541. The first kappa shape index (κ1) is 16.3. The van der Waals surface area contributed by atoms with Crippen molar-refractivity contribution >= 4 is 58.0 Å². The summed E-state index contributed by atoms with van der Waals surface area (Å²) in [6, 6.07) is 7.99. The van der Waals surface area contributed by atoms with Crippen molar-refractivity contribution in [1.82, 2.24) is 0 Å². The molecule has 0 saturated heterocycles. The average molecular weight is 435 g/mol. The summed E-state index contributed by atoms with van der Waals surface area (Å²) >= 11 is 13.9. The maximum Gasteiger partial charge on any atom is 0.343 e. The van der Waals surface area contributed by atoms with Crippen LogP contribution in [0.25, 0.3) is 0 Å². The highest BCUT2D eigenvalue weighted by molar-refractivity contribution is 14.1. The fourth-order valence-corrected chi connectivity index (χ4v) is 2.71. The van der Waals surface area contributed by atoms with Crippen molar-refractivity contribution in [2.45, 2.75) is 6.92 Å². The SMILES string of the molecule is Cc1ccc(C(=O)Oc2c(Cl)cc(Cl)cc2C=O)cc1I. The largest absolute Gasteiger partial charge is 0.421 e. The van der Waals surface area contributed by atoms with Gasteiger partial charge in [0, 0.05) is 8.59 Å². The number of esters is 1. The minimum absolute atomic E-state index is 0.0108. The Morgan fingerprint density at radius 3 is 2.57 bits per heavy atom. The van der Waals surface area contributed by atoms with Gasteiger partial charge in [0.1, 0.15) is 0 Å². The molecule has 0 N–H and O–H groups in total. The highest BCUT2D eigenvalue weighted by Gasteiger charge is 2.16. The molecule has 0 spiro atoms. The lowest BCUT2D eigenvalue weighted by Crippen LogP contribution is -2.10. The molecule has 6 heteroatoms. The maximum absolute atomic E-state index is 12.1. The molecule has 108 valence electrons. The zero-order chi connectivity index (χ0) is 15.6. The molecule has 0 atom stereocenters. The van der Waals surface area contributed by atoms with Crippen LogP contribution in [0.5, 0.6) is 5.75 Å². The van der Waals surface area contributed by atoms with E-state index in [9.17, 15) is 9.59 Å². The number of hydrogen-bond donors (Lipinski definition) is 0. The van der Waals surface area contributed by atoms with Gasteiger partial charge in [0.05, 0.1) is 16.1 Å². The third-order valence-electron chi connectivity index (χ3n) is 2.77. The second-order valence-corrected chi connectivity index (χ2v) is 6.28. The van der Waals surface area contributed by atoms with Gasteiger partial charge < -0.3 is 4.74 Å². The summed E-state index contributed by atoms with van der Waals surface area (Å²) in [6.45, 7) is 1.94. The smallest absolute Gasteiger partial charge is 0.343 e. The molecule has 0 heterocycles. The first-order valence-electron chi connectivity index (χ1n) is 5.85. The molecule has 0 fully saturated rings. The Morgan fingerprint density at radius 1 is 1.24 bits per heavy atom. The van der Waals surface area contributed by atoms with Crippen molar-refractivity contribution in [2.24, 2.45) is 0 Å². The van der Waals surface area contributed by atoms with Crippen LogP contribution in [-0.2, 0) is 0 Å². The van der Waals surface area contributed by atoms with Crippen molar-refractivity contribution in [3.8, 4) is 5.75 Å². The van der Waals surface area contributed by atoms with Gasteiger partial charge in [-0.25, -0.2) is 4.79 Å². The molecule has 0 aromatic heterocycles. The van der Waals surface area contributed by atoms with Crippen molar-refractivity contribution < 1.29 is 14.3 Å².